The van der Waals surface area contributed by atoms with E-state index in [1.807, 2.05) is 30.3 Å². The molecule has 3 nitrogen and oxygen atoms in total. The van der Waals surface area contributed by atoms with Crippen molar-refractivity contribution in [3.8, 4) is 0 Å². The molecule has 0 aromatic heterocycles. The van der Waals surface area contributed by atoms with Crippen LogP contribution < -0.4 is 0 Å². The monoisotopic (exact) mass is 234 g/mol. The minimum absolute atomic E-state index is 0.154. The number of benzene rings is 1. The van der Waals surface area contributed by atoms with Gasteiger partial charge in [-0.25, -0.2) is 0 Å². The van der Waals surface area contributed by atoms with Gasteiger partial charge in [-0.05, 0) is 5.56 Å². The van der Waals surface area contributed by atoms with E-state index in [0.29, 0.717) is 26.2 Å². The van der Waals surface area contributed by atoms with Gasteiger partial charge in [-0.1, -0.05) is 36.4 Å². The van der Waals surface area contributed by atoms with Crippen molar-refractivity contribution in [2.45, 2.75) is 19.1 Å². The molecule has 0 aliphatic carbocycles. The van der Waals surface area contributed by atoms with E-state index in [0.717, 1.165) is 11.8 Å². The van der Waals surface area contributed by atoms with Crippen LogP contribution in [0.2, 0.25) is 0 Å². The molecule has 1 unspecified atom stereocenters. The van der Waals surface area contributed by atoms with Crippen molar-refractivity contribution >= 4 is 6.29 Å². The summed E-state index contributed by atoms with van der Waals surface area (Å²) < 4.78 is 10.9. The number of ether oxygens (including phenoxy) is 2. The number of aldehydes is 1. The van der Waals surface area contributed by atoms with Gasteiger partial charge in [0.15, 0.2) is 0 Å². The Bertz CT molecular complexity index is 321. The molecule has 0 saturated carbocycles. The largest absolute Gasteiger partial charge is 0.374 e. The van der Waals surface area contributed by atoms with Crippen LogP contribution in [-0.2, 0) is 20.9 Å². The predicted octanol–water partition coefficient (Wildman–Crippen LogP) is 2.36. The highest BCUT2D eigenvalue weighted by Crippen LogP contribution is 2.02. The Morgan fingerprint density at radius 1 is 1.29 bits per heavy atom. The first-order valence-electron chi connectivity index (χ1n) is 5.66. The Kier molecular flexibility index (Phi) is 6.95. The first-order chi connectivity index (χ1) is 8.36. The second-order valence-corrected chi connectivity index (χ2v) is 3.60. The quantitative estimate of drug-likeness (QED) is 0.374. The smallest absolute Gasteiger partial charge is 0.122 e. The molecule has 0 spiro atoms. The fraction of sp³-hybridized carbons (Fsp3) is 0.357. The molecule has 1 aromatic rings. The Hall–Kier alpha value is -1.45. The molecule has 1 aromatic carbocycles. The fourth-order valence-corrected chi connectivity index (χ4v) is 1.32. The number of carbonyl (C=O) groups excluding carboxylic acids is 1. The Morgan fingerprint density at radius 3 is 2.71 bits per heavy atom. The molecule has 0 radical (unpaired) electrons. The summed E-state index contributed by atoms with van der Waals surface area (Å²) in [6.07, 6.45) is 2.78. The summed E-state index contributed by atoms with van der Waals surface area (Å²) >= 11 is 0. The van der Waals surface area contributed by atoms with Crippen LogP contribution >= 0.6 is 0 Å². The van der Waals surface area contributed by atoms with E-state index in [1.165, 1.54) is 0 Å². The highest BCUT2D eigenvalue weighted by molar-refractivity contribution is 5.49. The summed E-state index contributed by atoms with van der Waals surface area (Å²) in [5, 5.41) is 0. The summed E-state index contributed by atoms with van der Waals surface area (Å²) in [6, 6.07) is 9.94. The average Bonchev–Trinajstić information content (AvgIpc) is 2.38. The summed E-state index contributed by atoms with van der Waals surface area (Å²) in [7, 11) is 0. The van der Waals surface area contributed by atoms with Gasteiger partial charge < -0.3 is 14.3 Å². The minimum Gasteiger partial charge on any atom is -0.374 e. The summed E-state index contributed by atoms with van der Waals surface area (Å²) in [4.78, 5) is 10.1. The maximum absolute atomic E-state index is 10.1. The summed E-state index contributed by atoms with van der Waals surface area (Å²) in [6.45, 7) is 5.10. The first-order valence-corrected chi connectivity index (χ1v) is 5.66. The Morgan fingerprint density at radius 2 is 2.06 bits per heavy atom. The van der Waals surface area contributed by atoms with Crippen LogP contribution in [-0.4, -0.2) is 25.6 Å². The second kappa shape index (κ2) is 8.67. The lowest BCUT2D eigenvalue weighted by Crippen LogP contribution is -2.18. The zero-order chi connectivity index (χ0) is 12.3. The standard InChI is InChI=1S/C14H18O3/c1-2-14(17-10-6-9-15)12-16-11-13-7-4-3-5-8-13/h2-5,7-9,14H,1,6,10-12H2. The second-order valence-electron chi connectivity index (χ2n) is 3.60. The van der Waals surface area contributed by atoms with Crippen LogP contribution in [0.1, 0.15) is 12.0 Å². The van der Waals surface area contributed by atoms with Crippen molar-refractivity contribution < 1.29 is 14.3 Å². The minimum atomic E-state index is -0.154. The molecule has 0 aliphatic heterocycles. The molecule has 0 saturated heterocycles. The Balaban J connectivity index is 2.19. The molecule has 0 heterocycles. The van der Waals surface area contributed by atoms with Gasteiger partial charge in [0.05, 0.1) is 25.9 Å². The van der Waals surface area contributed by atoms with E-state index in [1.54, 1.807) is 6.08 Å². The molecule has 0 fully saturated rings. The van der Waals surface area contributed by atoms with E-state index in [4.69, 9.17) is 9.47 Å². The highest BCUT2D eigenvalue weighted by atomic mass is 16.5. The first kappa shape index (κ1) is 13.6. The molecule has 0 bridgehead atoms. The van der Waals surface area contributed by atoms with Crippen molar-refractivity contribution in [3.63, 3.8) is 0 Å². The molecule has 1 rings (SSSR count). The van der Waals surface area contributed by atoms with E-state index in [-0.39, 0.29) is 6.10 Å². The topological polar surface area (TPSA) is 35.5 Å². The van der Waals surface area contributed by atoms with Gasteiger partial charge in [-0.15, -0.1) is 6.58 Å². The number of hydrogen-bond acceptors (Lipinski definition) is 3. The molecule has 1 atom stereocenters. The van der Waals surface area contributed by atoms with Crippen molar-refractivity contribution in [2.75, 3.05) is 13.2 Å². The van der Waals surface area contributed by atoms with Crippen molar-refractivity contribution in [1.29, 1.82) is 0 Å². The highest BCUT2D eigenvalue weighted by Gasteiger charge is 2.04. The van der Waals surface area contributed by atoms with Crippen LogP contribution in [0.3, 0.4) is 0 Å². The molecule has 0 aliphatic rings. The van der Waals surface area contributed by atoms with Crippen LogP contribution in [0, 0.1) is 0 Å². The summed E-state index contributed by atoms with van der Waals surface area (Å²) in [5.74, 6) is 0. The Labute approximate surface area is 102 Å². The van der Waals surface area contributed by atoms with E-state index < -0.39 is 0 Å². The number of hydrogen-bond donors (Lipinski definition) is 0. The molecule has 0 N–H and O–H groups in total. The third-order valence-corrected chi connectivity index (χ3v) is 2.22. The fourth-order valence-electron chi connectivity index (χ4n) is 1.32. The predicted molar refractivity (Wildman–Crippen MR) is 66.7 cm³/mol. The lowest BCUT2D eigenvalue weighted by Gasteiger charge is -2.13. The zero-order valence-corrected chi connectivity index (χ0v) is 9.88. The van der Waals surface area contributed by atoms with E-state index in [2.05, 4.69) is 6.58 Å². The van der Waals surface area contributed by atoms with Crippen LogP contribution in [0.15, 0.2) is 43.0 Å². The maximum Gasteiger partial charge on any atom is 0.122 e. The lowest BCUT2D eigenvalue weighted by molar-refractivity contribution is -0.109. The van der Waals surface area contributed by atoms with Gasteiger partial charge in [0.2, 0.25) is 0 Å². The molecular formula is C14H18O3. The van der Waals surface area contributed by atoms with Gasteiger partial charge in [0, 0.05) is 6.42 Å². The van der Waals surface area contributed by atoms with E-state index >= 15 is 0 Å². The third kappa shape index (κ3) is 6.00. The van der Waals surface area contributed by atoms with Gasteiger partial charge >= 0.3 is 0 Å². The molecule has 92 valence electrons. The maximum atomic E-state index is 10.1. The number of carbonyl (C=O) groups is 1. The SMILES string of the molecule is C=CC(COCc1ccccc1)OCCC=O. The zero-order valence-electron chi connectivity index (χ0n) is 9.88. The molecular weight excluding hydrogens is 216 g/mol. The van der Waals surface area contributed by atoms with Gasteiger partial charge in [0.25, 0.3) is 0 Å². The summed E-state index contributed by atoms with van der Waals surface area (Å²) in [5.41, 5.74) is 1.13. The third-order valence-electron chi connectivity index (χ3n) is 2.22. The molecule has 3 heteroatoms. The normalized spacial score (nSPS) is 12.0. The average molecular weight is 234 g/mol. The van der Waals surface area contributed by atoms with Crippen molar-refractivity contribution in [1.82, 2.24) is 0 Å². The molecule has 17 heavy (non-hydrogen) atoms. The van der Waals surface area contributed by atoms with Crippen molar-refractivity contribution in [3.05, 3.63) is 48.6 Å². The van der Waals surface area contributed by atoms with Crippen LogP contribution in [0.25, 0.3) is 0 Å². The van der Waals surface area contributed by atoms with E-state index in [9.17, 15) is 4.79 Å². The lowest BCUT2D eigenvalue weighted by atomic mass is 10.2. The van der Waals surface area contributed by atoms with Crippen LogP contribution in [0.5, 0.6) is 0 Å². The van der Waals surface area contributed by atoms with Crippen LogP contribution in [0.4, 0.5) is 0 Å². The van der Waals surface area contributed by atoms with Gasteiger partial charge in [-0.3, -0.25) is 0 Å². The van der Waals surface area contributed by atoms with Crippen molar-refractivity contribution in [2.24, 2.45) is 0 Å². The van der Waals surface area contributed by atoms with Gasteiger partial charge in [0.1, 0.15) is 6.29 Å². The molecule has 0 amide bonds. The number of rotatable bonds is 9. The van der Waals surface area contributed by atoms with Gasteiger partial charge in [-0.2, -0.15) is 0 Å².